The van der Waals surface area contributed by atoms with E-state index in [-0.39, 0.29) is 33.7 Å². The van der Waals surface area contributed by atoms with Gasteiger partial charge in [-0.2, -0.15) is 0 Å². The molecule has 4 aliphatic rings. The fourth-order valence-corrected chi connectivity index (χ4v) is 9.49. The molecule has 0 aliphatic heterocycles. The molecular formula is C31H50O4. The van der Waals surface area contributed by atoms with Crippen molar-refractivity contribution < 1.29 is 20.1 Å². The summed E-state index contributed by atoms with van der Waals surface area (Å²) in [6.07, 6.45) is 6.90. The van der Waals surface area contributed by atoms with Crippen LogP contribution in [0.4, 0.5) is 0 Å². The molecule has 0 radical (unpaired) electrons. The van der Waals surface area contributed by atoms with Crippen molar-refractivity contribution in [2.75, 3.05) is 0 Å². The molecule has 0 bridgehead atoms. The highest BCUT2D eigenvalue weighted by Crippen LogP contribution is 2.72. The summed E-state index contributed by atoms with van der Waals surface area (Å²) in [5.41, 5.74) is 3.40. The molecule has 0 aromatic carbocycles. The van der Waals surface area contributed by atoms with Gasteiger partial charge in [-0.15, -0.1) is 0 Å². The molecule has 35 heavy (non-hydrogen) atoms. The number of carboxylic acid groups (broad SMARTS) is 1. The number of carbonyl (C=O) groups is 1. The van der Waals surface area contributed by atoms with E-state index < -0.39 is 18.0 Å². The number of aliphatic hydroxyl groups excluding tert-OH is 2. The van der Waals surface area contributed by atoms with Crippen LogP contribution in [0, 0.1) is 45.3 Å². The van der Waals surface area contributed by atoms with E-state index in [2.05, 4.69) is 55.0 Å². The van der Waals surface area contributed by atoms with Crippen molar-refractivity contribution in [2.45, 2.75) is 118 Å². The van der Waals surface area contributed by atoms with Crippen LogP contribution in [0.25, 0.3) is 0 Å². The highest BCUT2D eigenvalue weighted by molar-refractivity contribution is 5.71. The Bertz CT molecular complexity index is 915. The van der Waals surface area contributed by atoms with Gasteiger partial charge in [-0.25, -0.2) is 0 Å². The number of aliphatic hydroxyl groups is 2. The molecule has 8 atom stereocenters. The Labute approximate surface area is 213 Å². The summed E-state index contributed by atoms with van der Waals surface area (Å²) < 4.78 is 0. The van der Waals surface area contributed by atoms with Crippen LogP contribution in [0.5, 0.6) is 0 Å². The van der Waals surface area contributed by atoms with E-state index in [4.69, 9.17) is 0 Å². The summed E-state index contributed by atoms with van der Waals surface area (Å²) in [6.45, 7) is 19.9. The SMILES string of the molecule is C=C(CC[C@@H](C(=O)O)[C@H]1C[C@H](O)[C@@]2(C)C3=C(CC[C@]12C)[C@@]1(C)CC[C@@H](O)C(C)(C)[C@@H]1CC3)C(C)C. The topological polar surface area (TPSA) is 77.8 Å². The lowest BCUT2D eigenvalue weighted by Gasteiger charge is -2.62. The van der Waals surface area contributed by atoms with Crippen LogP contribution in [0.2, 0.25) is 0 Å². The standard InChI is InChI=1S/C31H50O4/c1-18(2)19(3)9-10-20(27(34)35)23-17-26(33)31(8)22-11-12-24-28(4,5)25(32)14-15-29(24,6)21(22)13-16-30(23,31)7/h18,20,23-26,32-33H,3,9-17H2,1-2,4-8H3,(H,34,35)/t20-,23-,24+,25-,26+,29-,30-,31-/m1/s1. The number of allylic oxidation sites excluding steroid dienone is 2. The van der Waals surface area contributed by atoms with Crippen LogP contribution in [0.3, 0.4) is 0 Å². The van der Waals surface area contributed by atoms with Gasteiger partial charge in [-0.3, -0.25) is 4.79 Å². The van der Waals surface area contributed by atoms with Gasteiger partial charge in [0.15, 0.2) is 0 Å². The van der Waals surface area contributed by atoms with Gasteiger partial charge in [0.1, 0.15) is 0 Å². The number of hydrogen-bond donors (Lipinski definition) is 3. The minimum absolute atomic E-state index is 0.0378. The second-order valence-corrected chi connectivity index (χ2v) is 14.1. The average Bonchev–Trinajstić information content (AvgIpc) is 2.98. The van der Waals surface area contributed by atoms with Crippen molar-refractivity contribution in [3.05, 3.63) is 23.3 Å². The third-order valence-electron chi connectivity index (χ3n) is 12.3. The Morgan fingerprint density at radius 1 is 1.00 bits per heavy atom. The maximum atomic E-state index is 12.6. The summed E-state index contributed by atoms with van der Waals surface area (Å²) in [7, 11) is 0. The Kier molecular flexibility index (Phi) is 6.71. The molecule has 0 amide bonds. The molecule has 4 heteroatoms. The molecule has 2 fully saturated rings. The summed E-state index contributed by atoms with van der Waals surface area (Å²) in [4.78, 5) is 12.6. The first-order chi connectivity index (χ1) is 16.1. The first-order valence-corrected chi connectivity index (χ1v) is 14.1. The fraction of sp³-hybridized carbons (Fsp3) is 0.839. The Hall–Kier alpha value is -1.13. The number of rotatable bonds is 6. The van der Waals surface area contributed by atoms with E-state index in [1.54, 1.807) is 0 Å². The predicted molar refractivity (Wildman–Crippen MR) is 141 cm³/mol. The molecule has 2 saturated carbocycles. The van der Waals surface area contributed by atoms with E-state index in [1.165, 1.54) is 11.1 Å². The molecule has 0 heterocycles. The number of carboxylic acids is 1. The molecule has 3 N–H and O–H groups in total. The normalized spacial score (nSPS) is 43.4. The van der Waals surface area contributed by atoms with Gasteiger partial charge in [-0.05, 0) is 91.8 Å². The van der Waals surface area contributed by atoms with Crippen molar-refractivity contribution >= 4 is 5.97 Å². The molecule has 4 rings (SSSR count). The van der Waals surface area contributed by atoms with Gasteiger partial charge in [0, 0.05) is 5.41 Å². The minimum atomic E-state index is -0.720. The predicted octanol–water partition coefficient (Wildman–Crippen LogP) is 6.76. The first-order valence-electron chi connectivity index (χ1n) is 14.1. The number of hydrogen-bond acceptors (Lipinski definition) is 3. The van der Waals surface area contributed by atoms with E-state index >= 15 is 0 Å². The lowest BCUT2D eigenvalue weighted by molar-refractivity contribution is -0.147. The van der Waals surface area contributed by atoms with Crippen molar-refractivity contribution in [2.24, 2.45) is 45.3 Å². The van der Waals surface area contributed by atoms with Gasteiger partial charge in [0.25, 0.3) is 0 Å². The van der Waals surface area contributed by atoms with Crippen molar-refractivity contribution in [1.82, 2.24) is 0 Å². The Morgan fingerprint density at radius 2 is 1.66 bits per heavy atom. The van der Waals surface area contributed by atoms with Crippen molar-refractivity contribution in [3.8, 4) is 0 Å². The highest BCUT2D eigenvalue weighted by atomic mass is 16.4. The number of fused-ring (bicyclic) bond motifs is 4. The first kappa shape index (κ1) is 26.9. The van der Waals surface area contributed by atoms with Gasteiger partial charge < -0.3 is 15.3 Å². The number of aliphatic carboxylic acids is 1. The van der Waals surface area contributed by atoms with Crippen LogP contribution in [0.15, 0.2) is 23.3 Å². The van der Waals surface area contributed by atoms with Gasteiger partial charge in [0.05, 0.1) is 18.1 Å². The molecule has 0 unspecified atom stereocenters. The molecule has 0 spiro atoms. The Morgan fingerprint density at radius 3 is 2.26 bits per heavy atom. The molecule has 4 nitrogen and oxygen atoms in total. The third-order valence-corrected chi connectivity index (χ3v) is 12.3. The lowest BCUT2D eigenvalue weighted by Crippen LogP contribution is -2.56. The van der Waals surface area contributed by atoms with E-state index in [0.29, 0.717) is 24.7 Å². The molecule has 4 aliphatic carbocycles. The lowest BCUT2D eigenvalue weighted by atomic mass is 9.43. The summed E-state index contributed by atoms with van der Waals surface area (Å²) in [6, 6.07) is 0. The van der Waals surface area contributed by atoms with Crippen LogP contribution in [-0.2, 0) is 4.79 Å². The van der Waals surface area contributed by atoms with E-state index in [0.717, 1.165) is 50.5 Å². The zero-order valence-corrected chi connectivity index (χ0v) is 23.3. The van der Waals surface area contributed by atoms with Crippen LogP contribution in [-0.4, -0.2) is 33.5 Å². The minimum Gasteiger partial charge on any atom is -0.481 e. The molecule has 0 aromatic heterocycles. The zero-order chi connectivity index (χ0) is 26.1. The smallest absolute Gasteiger partial charge is 0.306 e. The van der Waals surface area contributed by atoms with Crippen LogP contribution in [0.1, 0.15) is 106 Å². The molecular weight excluding hydrogens is 436 g/mol. The zero-order valence-electron chi connectivity index (χ0n) is 23.3. The van der Waals surface area contributed by atoms with Crippen LogP contribution < -0.4 is 0 Å². The summed E-state index contributed by atoms with van der Waals surface area (Å²) in [5.74, 6) is -0.415. The maximum Gasteiger partial charge on any atom is 0.306 e. The highest BCUT2D eigenvalue weighted by Gasteiger charge is 2.67. The van der Waals surface area contributed by atoms with E-state index in [1.807, 2.05) is 0 Å². The third kappa shape index (κ3) is 3.71. The van der Waals surface area contributed by atoms with E-state index in [9.17, 15) is 20.1 Å². The van der Waals surface area contributed by atoms with Crippen molar-refractivity contribution in [3.63, 3.8) is 0 Å². The fourth-order valence-electron chi connectivity index (χ4n) is 9.49. The molecule has 198 valence electrons. The second-order valence-electron chi connectivity index (χ2n) is 14.1. The van der Waals surface area contributed by atoms with Crippen molar-refractivity contribution in [1.29, 1.82) is 0 Å². The van der Waals surface area contributed by atoms with Gasteiger partial charge >= 0.3 is 5.97 Å². The molecule has 0 aromatic rings. The summed E-state index contributed by atoms with van der Waals surface area (Å²) in [5, 5.41) is 32.8. The summed E-state index contributed by atoms with van der Waals surface area (Å²) >= 11 is 0. The quantitative estimate of drug-likeness (QED) is 0.362. The van der Waals surface area contributed by atoms with Gasteiger partial charge in [0.2, 0.25) is 0 Å². The van der Waals surface area contributed by atoms with Crippen LogP contribution >= 0.6 is 0 Å². The average molecular weight is 487 g/mol. The maximum absolute atomic E-state index is 12.6. The van der Waals surface area contributed by atoms with Gasteiger partial charge in [-0.1, -0.05) is 71.8 Å². The largest absolute Gasteiger partial charge is 0.481 e. The monoisotopic (exact) mass is 486 g/mol. The second kappa shape index (κ2) is 8.72. The Balaban J connectivity index is 1.72. The molecule has 0 saturated heterocycles.